The Morgan fingerprint density at radius 2 is 1.75 bits per heavy atom. The summed E-state index contributed by atoms with van der Waals surface area (Å²) in [6.45, 7) is 2.22. The standard InChI is InChI=1S/C10H18O2/c1-2-8-3-5-9(6-4-8)7-10(11)12/h8-9H,2-7H2,1H3,(H,11,12). The molecule has 0 spiro atoms. The number of carboxylic acid groups (broad SMARTS) is 1. The first-order chi connectivity index (χ1) is 5.72. The third-order valence-electron chi connectivity index (χ3n) is 3.01. The Morgan fingerprint density at radius 3 is 2.17 bits per heavy atom. The average Bonchev–Trinajstić information content (AvgIpc) is 2.05. The molecule has 1 N–H and O–H groups in total. The molecule has 2 heteroatoms. The molecule has 0 aliphatic heterocycles. The summed E-state index contributed by atoms with van der Waals surface area (Å²) in [6.07, 6.45) is 6.40. The van der Waals surface area contributed by atoms with Crippen LogP contribution < -0.4 is 0 Å². The Labute approximate surface area is 74.0 Å². The van der Waals surface area contributed by atoms with Crippen molar-refractivity contribution in [2.75, 3.05) is 0 Å². The first-order valence-corrected chi connectivity index (χ1v) is 4.94. The number of hydrogen-bond acceptors (Lipinski definition) is 1. The molecule has 2 nitrogen and oxygen atoms in total. The molecule has 1 fully saturated rings. The zero-order chi connectivity index (χ0) is 8.97. The highest BCUT2D eigenvalue weighted by Gasteiger charge is 2.21. The Hall–Kier alpha value is -0.530. The maximum absolute atomic E-state index is 10.4. The fraction of sp³-hybridized carbons (Fsp3) is 0.900. The molecule has 0 aromatic rings. The summed E-state index contributed by atoms with van der Waals surface area (Å²) in [5.41, 5.74) is 0. The Morgan fingerprint density at radius 1 is 1.25 bits per heavy atom. The van der Waals surface area contributed by atoms with Gasteiger partial charge in [-0.1, -0.05) is 26.2 Å². The van der Waals surface area contributed by atoms with Crippen LogP contribution in [0.3, 0.4) is 0 Å². The minimum absolute atomic E-state index is 0.385. The van der Waals surface area contributed by atoms with Gasteiger partial charge in [0.2, 0.25) is 0 Å². The van der Waals surface area contributed by atoms with Crippen LogP contribution in [-0.2, 0) is 4.79 Å². The minimum Gasteiger partial charge on any atom is -0.481 e. The molecule has 0 unspecified atom stereocenters. The maximum atomic E-state index is 10.4. The van der Waals surface area contributed by atoms with Crippen molar-refractivity contribution in [3.63, 3.8) is 0 Å². The van der Waals surface area contributed by atoms with E-state index in [-0.39, 0.29) is 0 Å². The van der Waals surface area contributed by atoms with Crippen LogP contribution in [0.15, 0.2) is 0 Å². The largest absolute Gasteiger partial charge is 0.481 e. The van der Waals surface area contributed by atoms with E-state index in [0.29, 0.717) is 12.3 Å². The lowest BCUT2D eigenvalue weighted by atomic mass is 9.79. The highest BCUT2D eigenvalue weighted by atomic mass is 16.4. The maximum Gasteiger partial charge on any atom is 0.303 e. The Kier molecular flexibility index (Phi) is 3.57. The summed E-state index contributed by atoms with van der Waals surface area (Å²) in [7, 11) is 0. The van der Waals surface area contributed by atoms with Crippen molar-refractivity contribution < 1.29 is 9.90 Å². The second kappa shape index (κ2) is 4.48. The molecular formula is C10H18O2. The van der Waals surface area contributed by atoms with Gasteiger partial charge in [-0.15, -0.1) is 0 Å². The average molecular weight is 170 g/mol. The molecule has 1 rings (SSSR count). The van der Waals surface area contributed by atoms with Crippen molar-refractivity contribution in [1.29, 1.82) is 0 Å². The zero-order valence-electron chi connectivity index (χ0n) is 7.75. The van der Waals surface area contributed by atoms with Gasteiger partial charge in [-0.2, -0.15) is 0 Å². The lowest BCUT2D eigenvalue weighted by Crippen LogP contribution is -2.16. The second-order valence-electron chi connectivity index (χ2n) is 3.89. The van der Waals surface area contributed by atoms with Crippen LogP contribution >= 0.6 is 0 Å². The number of aliphatic carboxylic acids is 1. The normalized spacial score (nSPS) is 30.1. The van der Waals surface area contributed by atoms with E-state index in [2.05, 4.69) is 6.92 Å². The van der Waals surface area contributed by atoms with Crippen LogP contribution in [-0.4, -0.2) is 11.1 Å². The molecule has 0 saturated heterocycles. The Bertz CT molecular complexity index is 146. The van der Waals surface area contributed by atoms with E-state index in [4.69, 9.17) is 5.11 Å². The van der Waals surface area contributed by atoms with Crippen molar-refractivity contribution in [3.05, 3.63) is 0 Å². The first-order valence-electron chi connectivity index (χ1n) is 4.94. The fourth-order valence-electron chi connectivity index (χ4n) is 2.09. The van der Waals surface area contributed by atoms with Crippen LogP contribution in [0.25, 0.3) is 0 Å². The molecule has 0 heterocycles. The third kappa shape index (κ3) is 2.84. The van der Waals surface area contributed by atoms with Gasteiger partial charge in [0.1, 0.15) is 0 Å². The van der Waals surface area contributed by atoms with Gasteiger partial charge >= 0.3 is 5.97 Å². The van der Waals surface area contributed by atoms with Gasteiger partial charge in [0.25, 0.3) is 0 Å². The van der Waals surface area contributed by atoms with E-state index in [1.807, 2.05) is 0 Å². The highest BCUT2D eigenvalue weighted by molar-refractivity contribution is 5.67. The molecular weight excluding hydrogens is 152 g/mol. The molecule has 0 bridgehead atoms. The summed E-state index contributed by atoms with van der Waals surface area (Å²) in [5, 5.41) is 8.59. The predicted octanol–water partition coefficient (Wildman–Crippen LogP) is 2.68. The van der Waals surface area contributed by atoms with E-state index in [1.165, 1.54) is 19.3 Å². The van der Waals surface area contributed by atoms with Gasteiger partial charge in [-0.05, 0) is 24.7 Å². The van der Waals surface area contributed by atoms with Gasteiger partial charge < -0.3 is 5.11 Å². The molecule has 0 aromatic carbocycles. The van der Waals surface area contributed by atoms with E-state index < -0.39 is 5.97 Å². The molecule has 70 valence electrons. The van der Waals surface area contributed by atoms with Crippen LogP contribution in [0.5, 0.6) is 0 Å². The topological polar surface area (TPSA) is 37.3 Å². The second-order valence-corrected chi connectivity index (χ2v) is 3.89. The van der Waals surface area contributed by atoms with Crippen molar-refractivity contribution in [3.8, 4) is 0 Å². The molecule has 0 radical (unpaired) electrons. The van der Waals surface area contributed by atoms with E-state index in [1.54, 1.807) is 0 Å². The monoisotopic (exact) mass is 170 g/mol. The molecule has 12 heavy (non-hydrogen) atoms. The van der Waals surface area contributed by atoms with Crippen LogP contribution in [0, 0.1) is 11.8 Å². The summed E-state index contributed by atoms with van der Waals surface area (Å²) in [4.78, 5) is 10.4. The minimum atomic E-state index is -0.630. The Balaban J connectivity index is 2.21. The molecule has 0 aromatic heterocycles. The van der Waals surface area contributed by atoms with Crippen LogP contribution in [0.4, 0.5) is 0 Å². The van der Waals surface area contributed by atoms with E-state index in [9.17, 15) is 4.79 Å². The van der Waals surface area contributed by atoms with Gasteiger partial charge in [-0.3, -0.25) is 4.79 Å². The fourth-order valence-corrected chi connectivity index (χ4v) is 2.09. The molecule has 1 aliphatic carbocycles. The quantitative estimate of drug-likeness (QED) is 0.707. The van der Waals surface area contributed by atoms with E-state index in [0.717, 1.165) is 18.8 Å². The van der Waals surface area contributed by atoms with Crippen LogP contribution in [0.1, 0.15) is 45.4 Å². The molecule has 0 atom stereocenters. The van der Waals surface area contributed by atoms with Gasteiger partial charge in [-0.25, -0.2) is 0 Å². The predicted molar refractivity (Wildman–Crippen MR) is 48.0 cm³/mol. The summed E-state index contributed by atoms with van der Waals surface area (Å²) < 4.78 is 0. The van der Waals surface area contributed by atoms with Gasteiger partial charge in [0, 0.05) is 6.42 Å². The molecule has 0 amide bonds. The lowest BCUT2D eigenvalue weighted by Gasteiger charge is -2.26. The van der Waals surface area contributed by atoms with Crippen molar-refractivity contribution >= 4 is 5.97 Å². The zero-order valence-corrected chi connectivity index (χ0v) is 7.75. The molecule has 1 saturated carbocycles. The summed E-state index contributed by atoms with van der Waals surface area (Å²) in [6, 6.07) is 0. The SMILES string of the molecule is CCC1CCC(CC(=O)O)CC1. The molecule has 1 aliphatic rings. The smallest absolute Gasteiger partial charge is 0.303 e. The van der Waals surface area contributed by atoms with Crippen molar-refractivity contribution in [2.45, 2.75) is 45.4 Å². The third-order valence-corrected chi connectivity index (χ3v) is 3.01. The number of carbonyl (C=O) groups is 1. The first kappa shape index (κ1) is 9.56. The number of hydrogen-bond donors (Lipinski definition) is 1. The van der Waals surface area contributed by atoms with Gasteiger partial charge in [0.05, 0.1) is 0 Å². The van der Waals surface area contributed by atoms with Crippen molar-refractivity contribution in [2.24, 2.45) is 11.8 Å². The highest BCUT2D eigenvalue weighted by Crippen LogP contribution is 2.32. The number of carboxylic acids is 1. The lowest BCUT2D eigenvalue weighted by molar-refractivity contribution is -0.138. The summed E-state index contributed by atoms with van der Waals surface area (Å²) in [5.74, 6) is 0.704. The van der Waals surface area contributed by atoms with Crippen molar-refractivity contribution in [1.82, 2.24) is 0 Å². The van der Waals surface area contributed by atoms with E-state index >= 15 is 0 Å². The van der Waals surface area contributed by atoms with Crippen LogP contribution in [0.2, 0.25) is 0 Å². The summed E-state index contributed by atoms with van der Waals surface area (Å²) >= 11 is 0. The van der Waals surface area contributed by atoms with Gasteiger partial charge in [0.15, 0.2) is 0 Å². The number of rotatable bonds is 3.